The molecule has 2 heterocycles. The number of ether oxygens (including phenoxy) is 4. The van der Waals surface area contributed by atoms with Crippen molar-refractivity contribution in [2.45, 2.75) is 50.6 Å². The molecule has 63 heavy (non-hydrogen) atoms. The molecule has 0 unspecified atom stereocenters. The summed E-state index contributed by atoms with van der Waals surface area (Å²) in [5.74, 6) is -0.339. The molecule has 6 aromatic rings. The zero-order chi connectivity index (χ0) is 46.5. The Labute approximate surface area is 424 Å². The third-order valence-corrected chi connectivity index (χ3v) is 14.3. The first-order valence-electron chi connectivity index (χ1n) is 18.8. The molecule has 2 atom stereocenters. The topological polar surface area (TPSA) is 150 Å². The number of methoxy groups -OCH3 is 4. The lowest BCUT2D eigenvalue weighted by atomic mass is 10.0. The quantitative estimate of drug-likeness (QED) is 0.0764. The lowest BCUT2D eigenvalue weighted by Crippen LogP contribution is -2.42. The van der Waals surface area contributed by atoms with Gasteiger partial charge in [0.1, 0.15) is 23.6 Å². The number of esters is 2. The van der Waals surface area contributed by atoms with Crippen LogP contribution in [0.3, 0.4) is 0 Å². The van der Waals surface area contributed by atoms with E-state index < -0.39 is 24.0 Å². The standard InChI is InChI=1S/C22H21Br3N2O4.C15H15Br3N2O4.C7H7Br/c1-12(28)26-16(22(29)31-3)9-14-18-17(10-15(23)20(30-2)19(18)24)27(21(14)25)11-13-7-5-4-6-8-13;1-6(21)19-10(15(22)24-3)4-7-11-9(20-14(7)18)5-8(16)13(23-2)12(11)17;8-6-7-4-2-1-3-5-7/h4-8,10,16H,9,11H2,1-3H3,(H,26,28);5,10,20H,4H2,1-3H3,(H,19,21);1-5H,6H2/t16-;10-;/m00./s1. The van der Waals surface area contributed by atoms with Crippen molar-refractivity contribution in [2.24, 2.45) is 0 Å². The number of halogens is 7. The van der Waals surface area contributed by atoms with Gasteiger partial charge in [0.05, 0.1) is 61.1 Å². The highest BCUT2D eigenvalue weighted by Gasteiger charge is 2.29. The smallest absolute Gasteiger partial charge is 0.328 e. The Hall–Kier alpha value is -3.20. The summed E-state index contributed by atoms with van der Waals surface area (Å²) in [6, 6.07) is 22.6. The Morgan fingerprint density at radius 3 is 1.56 bits per heavy atom. The largest absolute Gasteiger partial charge is 0.494 e. The zero-order valence-electron chi connectivity index (χ0n) is 34.8. The second-order valence-electron chi connectivity index (χ2n) is 13.6. The van der Waals surface area contributed by atoms with Crippen molar-refractivity contribution in [2.75, 3.05) is 28.4 Å². The van der Waals surface area contributed by atoms with Crippen LogP contribution in [-0.2, 0) is 53.4 Å². The van der Waals surface area contributed by atoms with Gasteiger partial charge in [-0.1, -0.05) is 76.6 Å². The second kappa shape index (κ2) is 24.9. The number of alkyl halides is 1. The summed E-state index contributed by atoms with van der Waals surface area (Å²) in [5.41, 5.74) is 5.92. The normalized spacial score (nSPS) is 11.6. The van der Waals surface area contributed by atoms with E-state index in [2.05, 4.69) is 156 Å². The van der Waals surface area contributed by atoms with Crippen molar-refractivity contribution in [3.8, 4) is 11.5 Å². The minimum Gasteiger partial charge on any atom is -0.494 e. The van der Waals surface area contributed by atoms with Crippen LogP contribution in [0, 0.1) is 0 Å². The molecule has 2 aromatic heterocycles. The highest BCUT2D eigenvalue weighted by molar-refractivity contribution is 9.12. The predicted octanol–water partition coefficient (Wildman–Crippen LogP) is 11.5. The number of benzene rings is 4. The summed E-state index contributed by atoms with van der Waals surface area (Å²) in [6.45, 7) is 3.35. The fraction of sp³-hybridized carbons (Fsp3) is 0.273. The van der Waals surface area contributed by atoms with E-state index >= 15 is 0 Å². The maximum absolute atomic E-state index is 12.4. The minimum absolute atomic E-state index is 0.245. The van der Waals surface area contributed by atoms with Crippen molar-refractivity contribution in [3.63, 3.8) is 0 Å². The van der Waals surface area contributed by atoms with E-state index in [1.54, 1.807) is 14.2 Å². The molecule has 336 valence electrons. The van der Waals surface area contributed by atoms with E-state index in [-0.39, 0.29) is 24.7 Å². The SMILES string of the molecule is BrCc1ccccc1.COC(=O)[C@H](Cc1c(Br)[nH]c2cc(Br)c(OC)c(Br)c12)NC(C)=O.COC(=O)[C@H](Cc1c(Br)n(Cc2ccccc2)c2cc(Br)c(OC)c(Br)c12)NC(C)=O. The number of fused-ring (bicyclic) bond motifs is 2. The number of hydrogen-bond acceptors (Lipinski definition) is 8. The molecule has 6 rings (SSSR count). The maximum atomic E-state index is 12.4. The van der Waals surface area contributed by atoms with Gasteiger partial charge in [0.2, 0.25) is 11.8 Å². The van der Waals surface area contributed by atoms with Crippen LogP contribution in [0.5, 0.6) is 11.5 Å². The van der Waals surface area contributed by atoms with Gasteiger partial charge in [0.15, 0.2) is 0 Å². The van der Waals surface area contributed by atoms with Crippen LogP contribution in [-0.4, -0.2) is 73.8 Å². The lowest BCUT2D eigenvalue weighted by molar-refractivity contribution is -0.145. The summed E-state index contributed by atoms with van der Waals surface area (Å²) in [6.07, 6.45) is 0.505. The third kappa shape index (κ3) is 13.4. The molecule has 2 amide bonds. The fourth-order valence-electron chi connectivity index (χ4n) is 6.57. The molecule has 0 spiro atoms. The average Bonchev–Trinajstić information content (AvgIpc) is 3.71. The summed E-state index contributed by atoms with van der Waals surface area (Å²) in [7, 11) is 5.77. The number of carbonyl (C=O) groups excluding carboxylic acids is 4. The fourth-order valence-corrected chi connectivity index (χ4v) is 11.5. The Morgan fingerprint density at radius 2 is 1.11 bits per heavy atom. The Balaban J connectivity index is 0.000000240. The van der Waals surface area contributed by atoms with Gasteiger partial charge in [-0.25, -0.2) is 9.59 Å². The van der Waals surface area contributed by atoms with Gasteiger partial charge in [0.25, 0.3) is 0 Å². The van der Waals surface area contributed by atoms with Gasteiger partial charge < -0.3 is 39.1 Å². The van der Waals surface area contributed by atoms with Crippen LogP contribution in [0.4, 0.5) is 0 Å². The van der Waals surface area contributed by atoms with E-state index in [0.29, 0.717) is 18.0 Å². The van der Waals surface area contributed by atoms with Crippen LogP contribution in [0.2, 0.25) is 0 Å². The van der Waals surface area contributed by atoms with Gasteiger partial charge in [0, 0.05) is 54.9 Å². The van der Waals surface area contributed by atoms with Crippen molar-refractivity contribution >= 4 is 157 Å². The summed E-state index contributed by atoms with van der Waals surface area (Å²) in [4.78, 5) is 50.6. The average molecular weight is 1320 g/mol. The first-order chi connectivity index (χ1) is 30.0. The predicted molar refractivity (Wildman–Crippen MR) is 271 cm³/mol. The van der Waals surface area contributed by atoms with Crippen molar-refractivity contribution in [1.29, 1.82) is 0 Å². The lowest BCUT2D eigenvalue weighted by Gasteiger charge is -2.16. The molecule has 0 aliphatic heterocycles. The number of carbonyl (C=O) groups is 4. The molecule has 3 N–H and O–H groups in total. The zero-order valence-corrected chi connectivity index (χ0v) is 45.9. The number of H-pyrrole nitrogens is 1. The molecule has 0 radical (unpaired) electrons. The summed E-state index contributed by atoms with van der Waals surface area (Å²) >= 11 is 24.9. The maximum Gasteiger partial charge on any atom is 0.328 e. The minimum atomic E-state index is -0.823. The first-order valence-corrected chi connectivity index (χ1v) is 24.7. The number of amides is 2. The number of aromatic amines is 1. The van der Waals surface area contributed by atoms with Gasteiger partial charge in [-0.3, -0.25) is 9.59 Å². The third-order valence-electron chi connectivity index (χ3n) is 9.35. The van der Waals surface area contributed by atoms with Crippen LogP contribution >= 0.6 is 112 Å². The van der Waals surface area contributed by atoms with Crippen LogP contribution < -0.4 is 20.1 Å². The Kier molecular flexibility index (Phi) is 20.7. The highest BCUT2D eigenvalue weighted by Crippen LogP contribution is 2.45. The molecule has 0 aliphatic carbocycles. The molecule has 4 aromatic carbocycles. The van der Waals surface area contributed by atoms with Crippen molar-refractivity contribution < 1.29 is 38.1 Å². The number of aromatic nitrogens is 2. The van der Waals surface area contributed by atoms with E-state index in [0.717, 1.165) is 70.9 Å². The van der Waals surface area contributed by atoms with E-state index in [4.69, 9.17) is 18.9 Å². The number of nitrogens with zero attached hydrogens (tertiary/aromatic N) is 1. The van der Waals surface area contributed by atoms with Gasteiger partial charge in [-0.15, -0.1) is 0 Å². The van der Waals surface area contributed by atoms with Crippen LogP contribution in [0.15, 0.2) is 99.9 Å². The number of nitrogens with one attached hydrogen (secondary N) is 3. The molecule has 19 heteroatoms. The molecule has 0 aliphatic rings. The van der Waals surface area contributed by atoms with Gasteiger partial charge in [-0.2, -0.15) is 0 Å². The highest BCUT2D eigenvalue weighted by atomic mass is 79.9. The number of hydrogen-bond donors (Lipinski definition) is 3. The number of rotatable bonds is 13. The van der Waals surface area contributed by atoms with E-state index in [1.165, 1.54) is 33.6 Å². The first kappa shape index (κ1) is 52.4. The van der Waals surface area contributed by atoms with Gasteiger partial charge >= 0.3 is 11.9 Å². The van der Waals surface area contributed by atoms with Crippen LogP contribution in [0.25, 0.3) is 21.8 Å². The Morgan fingerprint density at radius 1 is 0.651 bits per heavy atom. The Bertz CT molecular complexity index is 2570. The summed E-state index contributed by atoms with van der Waals surface area (Å²) in [5, 5.41) is 8.01. The summed E-state index contributed by atoms with van der Waals surface area (Å²) < 4.78 is 27.4. The second-order valence-corrected chi connectivity index (χ2v) is 19.0. The van der Waals surface area contributed by atoms with Gasteiger partial charge in [-0.05, 0) is 130 Å². The van der Waals surface area contributed by atoms with Crippen molar-refractivity contribution in [3.05, 3.63) is 122 Å². The van der Waals surface area contributed by atoms with E-state index in [9.17, 15) is 19.2 Å². The molecular formula is C44H43Br7N4O8. The van der Waals surface area contributed by atoms with E-state index in [1.807, 2.05) is 48.5 Å². The monoisotopic (exact) mass is 1310 g/mol. The molecular weight excluding hydrogens is 1270 g/mol. The van der Waals surface area contributed by atoms with Crippen LogP contribution in [0.1, 0.15) is 36.1 Å². The molecule has 0 saturated carbocycles. The van der Waals surface area contributed by atoms with Crippen molar-refractivity contribution in [1.82, 2.24) is 20.2 Å². The molecule has 12 nitrogen and oxygen atoms in total. The molecule has 0 fully saturated rings. The molecule has 0 bridgehead atoms. The molecule has 0 saturated heterocycles.